The molecule has 1 aliphatic rings. The second-order valence-electron chi connectivity index (χ2n) is 5.75. The Balaban J connectivity index is 2.04. The topological polar surface area (TPSA) is 12.0 Å². The molecule has 0 spiro atoms. The van der Waals surface area contributed by atoms with Gasteiger partial charge in [-0.2, -0.15) is 0 Å². The standard InChI is InChI=1S/C16H27NS/c1-4-17-15(11-14-8-6-5-7-9-14)16-12(2)10-13(3)18-16/h10,14-15,17H,4-9,11H2,1-3H3. The van der Waals surface area contributed by atoms with Crippen LogP contribution in [0.15, 0.2) is 6.07 Å². The Morgan fingerprint density at radius 2 is 2.00 bits per heavy atom. The zero-order valence-corrected chi connectivity index (χ0v) is 12.9. The molecular formula is C16H27NS. The van der Waals surface area contributed by atoms with Crippen LogP contribution in [0.4, 0.5) is 0 Å². The lowest BCUT2D eigenvalue weighted by Crippen LogP contribution is -2.24. The molecule has 1 aliphatic carbocycles. The van der Waals surface area contributed by atoms with Crippen molar-refractivity contribution < 1.29 is 0 Å². The summed E-state index contributed by atoms with van der Waals surface area (Å²) in [6.07, 6.45) is 8.60. The van der Waals surface area contributed by atoms with Crippen LogP contribution in [0.2, 0.25) is 0 Å². The maximum atomic E-state index is 3.71. The zero-order valence-electron chi connectivity index (χ0n) is 12.1. The van der Waals surface area contributed by atoms with Crippen molar-refractivity contribution in [1.82, 2.24) is 5.32 Å². The first-order chi connectivity index (χ1) is 8.70. The highest BCUT2D eigenvalue weighted by atomic mass is 32.1. The van der Waals surface area contributed by atoms with Gasteiger partial charge in [0.1, 0.15) is 0 Å². The van der Waals surface area contributed by atoms with Gasteiger partial charge in [-0.25, -0.2) is 0 Å². The fourth-order valence-corrected chi connectivity index (χ4v) is 4.42. The minimum Gasteiger partial charge on any atom is -0.310 e. The van der Waals surface area contributed by atoms with Crippen LogP contribution in [0.1, 0.15) is 66.8 Å². The monoisotopic (exact) mass is 265 g/mol. The number of thiophene rings is 1. The Kier molecular flexibility index (Phi) is 5.25. The third kappa shape index (κ3) is 3.58. The van der Waals surface area contributed by atoms with Crippen molar-refractivity contribution in [1.29, 1.82) is 0 Å². The first-order valence-corrected chi connectivity index (χ1v) is 8.32. The molecule has 0 aromatic carbocycles. The third-order valence-electron chi connectivity index (χ3n) is 4.14. The van der Waals surface area contributed by atoms with E-state index in [2.05, 4.69) is 32.2 Å². The summed E-state index contributed by atoms with van der Waals surface area (Å²) in [5.74, 6) is 0.949. The number of hydrogen-bond acceptors (Lipinski definition) is 2. The molecule has 0 aliphatic heterocycles. The van der Waals surface area contributed by atoms with Crippen LogP contribution in [0.3, 0.4) is 0 Å². The van der Waals surface area contributed by atoms with Crippen LogP contribution in [0.25, 0.3) is 0 Å². The molecule has 0 amide bonds. The normalized spacial score (nSPS) is 19.1. The van der Waals surface area contributed by atoms with Crippen molar-refractivity contribution >= 4 is 11.3 Å². The van der Waals surface area contributed by atoms with E-state index in [1.165, 1.54) is 49.0 Å². The first kappa shape index (κ1) is 14.1. The van der Waals surface area contributed by atoms with E-state index >= 15 is 0 Å². The van der Waals surface area contributed by atoms with Gasteiger partial charge in [0.15, 0.2) is 0 Å². The van der Waals surface area contributed by atoms with Crippen LogP contribution in [-0.2, 0) is 0 Å². The summed E-state index contributed by atoms with van der Waals surface area (Å²) in [7, 11) is 0. The van der Waals surface area contributed by atoms with Crippen LogP contribution in [0, 0.1) is 19.8 Å². The predicted molar refractivity (Wildman–Crippen MR) is 81.4 cm³/mol. The van der Waals surface area contributed by atoms with Crippen LogP contribution < -0.4 is 5.32 Å². The fourth-order valence-electron chi connectivity index (χ4n) is 3.29. The van der Waals surface area contributed by atoms with E-state index in [-0.39, 0.29) is 0 Å². The summed E-state index contributed by atoms with van der Waals surface area (Å²) in [4.78, 5) is 3.04. The fraction of sp³-hybridized carbons (Fsp3) is 0.750. The van der Waals surface area contributed by atoms with Gasteiger partial charge in [0.05, 0.1) is 0 Å². The van der Waals surface area contributed by atoms with Gasteiger partial charge < -0.3 is 5.32 Å². The van der Waals surface area contributed by atoms with Crippen molar-refractivity contribution in [3.63, 3.8) is 0 Å². The van der Waals surface area contributed by atoms with Gasteiger partial charge in [0.2, 0.25) is 0 Å². The Morgan fingerprint density at radius 1 is 1.28 bits per heavy atom. The molecular weight excluding hydrogens is 238 g/mol. The lowest BCUT2D eigenvalue weighted by molar-refractivity contribution is 0.303. The Bertz CT molecular complexity index is 363. The van der Waals surface area contributed by atoms with Crippen molar-refractivity contribution in [3.8, 4) is 0 Å². The van der Waals surface area contributed by atoms with E-state index in [0.29, 0.717) is 6.04 Å². The summed E-state index contributed by atoms with van der Waals surface area (Å²) >= 11 is 1.99. The lowest BCUT2D eigenvalue weighted by Gasteiger charge is -2.27. The Hall–Kier alpha value is -0.340. The van der Waals surface area contributed by atoms with Gasteiger partial charge in [-0.1, -0.05) is 39.0 Å². The molecule has 0 bridgehead atoms. The molecule has 1 unspecified atom stereocenters. The van der Waals surface area contributed by atoms with Crippen molar-refractivity contribution in [2.75, 3.05) is 6.54 Å². The van der Waals surface area contributed by atoms with Crippen LogP contribution in [0.5, 0.6) is 0 Å². The molecule has 1 N–H and O–H groups in total. The number of aryl methyl sites for hydroxylation is 2. The largest absolute Gasteiger partial charge is 0.310 e. The van der Waals surface area contributed by atoms with Crippen LogP contribution in [-0.4, -0.2) is 6.54 Å². The molecule has 1 aromatic heterocycles. The molecule has 1 nitrogen and oxygen atoms in total. The lowest BCUT2D eigenvalue weighted by atomic mass is 9.84. The number of rotatable bonds is 5. The smallest absolute Gasteiger partial charge is 0.0420 e. The zero-order chi connectivity index (χ0) is 13.0. The molecule has 0 radical (unpaired) electrons. The Labute approximate surface area is 116 Å². The van der Waals surface area contributed by atoms with Crippen molar-refractivity contribution in [2.45, 2.75) is 65.3 Å². The number of hydrogen-bond donors (Lipinski definition) is 1. The second-order valence-corrected chi connectivity index (χ2v) is 7.04. The van der Waals surface area contributed by atoms with E-state index in [1.807, 2.05) is 11.3 Å². The molecule has 1 heterocycles. The van der Waals surface area contributed by atoms with Gasteiger partial charge in [-0.3, -0.25) is 0 Å². The second kappa shape index (κ2) is 6.72. The molecule has 1 atom stereocenters. The van der Waals surface area contributed by atoms with Gasteiger partial charge in [-0.15, -0.1) is 11.3 Å². The molecule has 2 heteroatoms. The number of nitrogens with one attached hydrogen (secondary N) is 1. The maximum absolute atomic E-state index is 3.71. The SMILES string of the molecule is CCNC(CC1CCCCC1)c1sc(C)cc1C. The summed E-state index contributed by atoms with van der Waals surface area (Å²) in [6.45, 7) is 7.80. The minimum absolute atomic E-state index is 0.594. The molecule has 102 valence electrons. The van der Waals surface area contributed by atoms with E-state index in [0.717, 1.165) is 12.5 Å². The van der Waals surface area contributed by atoms with Gasteiger partial charge in [-0.05, 0) is 44.4 Å². The predicted octanol–water partition coefficient (Wildman–Crippen LogP) is 4.99. The molecule has 0 saturated heterocycles. The highest BCUT2D eigenvalue weighted by Gasteiger charge is 2.21. The van der Waals surface area contributed by atoms with Gasteiger partial charge in [0.25, 0.3) is 0 Å². The molecule has 1 fully saturated rings. The molecule has 1 saturated carbocycles. The average molecular weight is 265 g/mol. The third-order valence-corrected chi connectivity index (χ3v) is 5.41. The van der Waals surface area contributed by atoms with Crippen molar-refractivity contribution in [2.24, 2.45) is 5.92 Å². The van der Waals surface area contributed by atoms with E-state index in [1.54, 1.807) is 4.88 Å². The van der Waals surface area contributed by atoms with E-state index < -0.39 is 0 Å². The van der Waals surface area contributed by atoms with E-state index in [4.69, 9.17) is 0 Å². The maximum Gasteiger partial charge on any atom is 0.0420 e. The highest BCUT2D eigenvalue weighted by Crippen LogP contribution is 2.35. The molecule has 1 aromatic rings. The molecule has 2 rings (SSSR count). The van der Waals surface area contributed by atoms with Gasteiger partial charge in [0, 0.05) is 15.8 Å². The highest BCUT2D eigenvalue weighted by molar-refractivity contribution is 7.12. The summed E-state index contributed by atoms with van der Waals surface area (Å²) in [6, 6.07) is 2.93. The average Bonchev–Trinajstić information content (AvgIpc) is 2.69. The van der Waals surface area contributed by atoms with Crippen LogP contribution >= 0.6 is 11.3 Å². The summed E-state index contributed by atoms with van der Waals surface area (Å²) in [5, 5.41) is 3.71. The summed E-state index contributed by atoms with van der Waals surface area (Å²) < 4.78 is 0. The Morgan fingerprint density at radius 3 is 2.56 bits per heavy atom. The van der Waals surface area contributed by atoms with Crippen molar-refractivity contribution in [3.05, 3.63) is 21.4 Å². The quantitative estimate of drug-likeness (QED) is 0.791. The minimum atomic E-state index is 0.594. The molecule has 18 heavy (non-hydrogen) atoms. The van der Waals surface area contributed by atoms with E-state index in [9.17, 15) is 0 Å². The van der Waals surface area contributed by atoms with Gasteiger partial charge >= 0.3 is 0 Å². The first-order valence-electron chi connectivity index (χ1n) is 7.51. The summed E-state index contributed by atoms with van der Waals surface area (Å²) in [5.41, 5.74) is 1.49.